The summed E-state index contributed by atoms with van der Waals surface area (Å²) < 4.78 is 27.3. The molecule has 0 saturated carbocycles. The summed E-state index contributed by atoms with van der Waals surface area (Å²) in [5, 5.41) is 0. The second kappa shape index (κ2) is 5.26. The summed E-state index contributed by atoms with van der Waals surface area (Å²) in [7, 11) is -3.20. The largest absolute Gasteiger partial charge is 0.475 e. The summed E-state index contributed by atoms with van der Waals surface area (Å²) in [5.41, 5.74) is 0. The highest BCUT2D eigenvalue weighted by molar-refractivity contribution is 7.48. The topological polar surface area (TPSA) is 44.8 Å². The Morgan fingerprint density at radius 2 is 1.87 bits per heavy atom. The number of phosphoric ester groups is 1. The lowest BCUT2D eigenvalue weighted by Gasteiger charge is -2.20. The molecule has 5 heteroatoms. The summed E-state index contributed by atoms with van der Waals surface area (Å²) in [6.07, 6.45) is 9.31. The van der Waals surface area contributed by atoms with E-state index in [0.29, 0.717) is 13.2 Å². The number of hydrogen-bond donors (Lipinski definition) is 0. The number of phosphoric acid groups is 1. The van der Waals surface area contributed by atoms with Gasteiger partial charge in [0.25, 0.3) is 0 Å². The van der Waals surface area contributed by atoms with Crippen molar-refractivity contribution in [2.45, 2.75) is 38.2 Å². The fraction of sp³-hybridized carbons (Fsp3) is 0.800. The summed E-state index contributed by atoms with van der Waals surface area (Å²) in [6.45, 7) is 0.758. The van der Waals surface area contributed by atoms with Crippen LogP contribution in [0.25, 0.3) is 0 Å². The van der Waals surface area contributed by atoms with Crippen molar-refractivity contribution in [3.8, 4) is 0 Å². The van der Waals surface area contributed by atoms with Crippen molar-refractivity contribution in [3.63, 3.8) is 0 Å². The van der Waals surface area contributed by atoms with Crippen LogP contribution in [0.15, 0.2) is 12.2 Å². The Morgan fingerprint density at radius 3 is 2.67 bits per heavy atom. The van der Waals surface area contributed by atoms with E-state index >= 15 is 0 Å². The highest BCUT2D eigenvalue weighted by Crippen LogP contribution is 2.54. The Labute approximate surface area is 90.2 Å². The zero-order valence-electron chi connectivity index (χ0n) is 8.76. The zero-order valence-corrected chi connectivity index (χ0v) is 9.66. The molecule has 0 radical (unpaired) electrons. The van der Waals surface area contributed by atoms with Gasteiger partial charge < -0.3 is 0 Å². The summed E-state index contributed by atoms with van der Waals surface area (Å²) in [5.74, 6) is 0. The van der Waals surface area contributed by atoms with Crippen LogP contribution in [-0.2, 0) is 18.1 Å². The van der Waals surface area contributed by atoms with Crippen molar-refractivity contribution in [1.82, 2.24) is 0 Å². The molecule has 86 valence electrons. The van der Waals surface area contributed by atoms with Crippen molar-refractivity contribution in [3.05, 3.63) is 12.2 Å². The average molecular weight is 232 g/mol. The van der Waals surface area contributed by atoms with E-state index in [1.165, 1.54) is 0 Å². The second-order valence-corrected chi connectivity index (χ2v) is 5.44. The third-order valence-electron chi connectivity index (χ3n) is 2.58. The molecule has 15 heavy (non-hydrogen) atoms. The van der Waals surface area contributed by atoms with Crippen molar-refractivity contribution in [2.24, 2.45) is 0 Å². The molecule has 1 aliphatic heterocycles. The molecule has 1 fully saturated rings. The predicted octanol–water partition coefficient (Wildman–Crippen LogP) is 3.05. The lowest BCUT2D eigenvalue weighted by atomic mass is 10.0. The van der Waals surface area contributed by atoms with E-state index < -0.39 is 7.82 Å². The van der Waals surface area contributed by atoms with Gasteiger partial charge in [0.2, 0.25) is 0 Å². The fourth-order valence-corrected chi connectivity index (χ4v) is 3.18. The van der Waals surface area contributed by atoms with Crippen LogP contribution in [0.3, 0.4) is 0 Å². The third kappa shape index (κ3) is 3.42. The molecule has 2 aliphatic rings. The lowest BCUT2D eigenvalue weighted by Crippen LogP contribution is -2.12. The Bertz CT molecular complexity index is 267. The summed E-state index contributed by atoms with van der Waals surface area (Å²) in [4.78, 5) is 0. The van der Waals surface area contributed by atoms with E-state index in [4.69, 9.17) is 13.6 Å². The molecule has 2 rings (SSSR count). The Balaban J connectivity index is 1.87. The normalized spacial score (nSPS) is 31.1. The van der Waals surface area contributed by atoms with E-state index in [0.717, 1.165) is 32.1 Å². The van der Waals surface area contributed by atoms with Crippen LogP contribution < -0.4 is 0 Å². The monoisotopic (exact) mass is 232 g/mol. The maximum Gasteiger partial charge on any atom is 0.475 e. The van der Waals surface area contributed by atoms with Gasteiger partial charge in [-0.3, -0.25) is 13.6 Å². The van der Waals surface area contributed by atoms with Crippen LogP contribution >= 0.6 is 7.82 Å². The molecule has 0 spiro atoms. The molecule has 0 aromatic heterocycles. The molecule has 0 N–H and O–H groups in total. The fourth-order valence-electron chi connectivity index (χ4n) is 1.81. The van der Waals surface area contributed by atoms with Crippen LogP contribution in [0.2, 0.25) is 0 Å². The van der Waals surface area contributed by atoms with Crippen LogP contribution in [0.1, 0.15) is 32.1 Å². The van der Waals surface area contributed by atoms with E-state index in [1.807, 2.05) is 0 Å². The minimum absolute atomic E-state index is 0.0129. The smallest absolute Gasteiger partial charge is 0.284 e. The van der Waals surface area contributed by atoms with Crippen molar-refractivity contribution >= 4 is 7.82 Å². The van der Waals surface area contributed by atoms with E-state index in [-0.39, 0.29) is 6.10 Å². The van der Waals surface area contributed by atoms with Gasteiger partial charge in [-0.15, -0.1) is 0 Å². The maximum atomic E-state index is 11.8. The van der Waals surface area contributed by atoms with Gasteiger partial charge in [0.1, 0.15) is 0 Å². The highest BCUT2D eigenvalue weighted by atomic mass is 31.2. The first kappa shape index (κ1) is 11.3. The minimum atomic E-state index is -3.20. The van der Waals surface area contributed by atoms with Gasteiger partial charge in [0.15, 0.2) is 0 Å². The number of hydrogen-bond acceptors (Lipinski definition) is 4. The highest BCUT2D eigenvalue weighted by Gasteiger charge is 2.34. The van der Waals surface area contributed by atoms with Gasteiger partial charge in [0.05, 0.1) is 19.3 Å². The molecule has 1 aliphatic carbocycles. The predicted molar refractivity (Wildman–Crippen MR) is 56.6 cm³/mol. The Kier molecular flexibility index (Phi) is 3.98. The van der Waals surface area contributed by atoms with E-state index in [9.17, 15) is 4.57 Å². The minimum Gasteiger partial charge on any atom is -0.284 e. The van der Waals surface area contributed by atoms with Gasteiger partial charge in [-0.25, -0.2) is 4.57 Å². The molecule has 1 unspecified atom stereocenters. The maximum absolute atomic E-state index is 11.8. The first-order chi connectivity index (χ1) is 7.29. The van der Waals surface area contributed by atoms with Gasteiger partial charge in [0, 0.05) is 0 Å². The molecule has 0 aromatic rings. The summed E-state index contributed by atoms with van der Waals surface area (Å²) >= 11 is 0. The van der Waals surface area contributed by atoms with Gasteiger partial charge >= 0.3 is 7.82 Å². The molecule has 1 heterocycles. The molecule has 0 amide bonds. The average Bonchev–Trinajstić information content (AvgIpc) is 2.57. The number of allylic oxidation sites excluding steroid dienone is 2. The van der Waals surface area contributed by atoms with Crippen LogP contribution in [0.5, 0.6) is 0 Å². The zero-order chi connectivity index (χ0) is 10.6. The molecular formula is C10H17O4P. The van der Waals surface area contributed by atoms with Gasteiger partial charge in [-0.05, 0) is 32.1 Å². The molecule has 0 bridgehead atoms. The van der Waals surface area contributed by atoms with Crippen molar-refractivity contribution < 1.29 is 18.1 Å². The van der Waals surface area contributed by atoms with Crippen LogP contribution in [0, 0.1) is 0 Å². The van der Waals surface area contributed by atoms with Crippen LogP contribution in [0.4, 0.5) is 0 Å². The summed E-state index contributed by atoms with van der Waals surface area (Å²) in [6, 6.07) is 0. The lowest BCUT2D eigenvalue weighted by molar-refractivity contribution is 0.116. The molecule has 1 saturated heterocycles. The quantitative estimate of drug-likeness (QED) is 0.542. The second-order valence-electron chi connectivity index (χ2n) is 3.82. The van der Waals surface area contributed by atoms with Gasteiger partial charge in [-0.2, -0.15) is 0 Å². The Morgan fingerprint density at radius 1 is 1.13 bits per heavy atom. The van der Waals surface area contributed by atoms with Crippen LogP contribution in [-0.4, -0.2) is 19.3 Å². The van der Waals surface area contributed by atoms with Crippen molar-refractivity contribution in [2.75, 3.05) is 13.2 Å². The third-order valence-corrected chi connectivity index (χ3v) is 4.13. The van der Waals surface area contributed by atoms with Gasteiger partial charge in [-0.1, -0.05) is 12.2 Å². The molecular weight excluding hydrogens is 215 g/mol. The SMILES string of the molecule is O=P1(OC2CCC=CCCC2)OCCO1. The van der Waals surface area contributed by atoms with Crippen molar-refractivity contribution in [1.29, 1.82) is 0 Å². The standard InChI is InChI=1S/C10H17O4P/c11-15(12-8-9-13-15)14-10-6-4-2-1-3-5-7-10/h1-2,10H,3-9H2. The van der Waals surface area contributed by atoms with E-state index in [1.54, 1.807) is 0 Å². The molecule has 4 nitrogen and oxygen atoms in total. The number of rotatable bonds is 2. The molecule has 0 aromatic carbocycles. The van der Waals surface area contributed by atoms with E-state index in [2.05, 4.69) is 12.2 Å². The molecule has 1 atom stereocenters. The first-order valence-electron chi connectivity index (χ1n) is 5.51. The Hall–Kier alpha value is -0.150. The first-order valence-corrected chi connectivity index (χ1v) is 6.97.